The summed E-state index contributed by atoms with van der Waals surface area (Å²) in [5.41, 5.74) is 0.991. The number of carbonyl (C=O) groups is 3. The summed E-state index contributed by atoms with van der Waals surface area (Å²) in [6.45, 7) is 3.74. The van der Waals surface area contributed by atoms with Gasteiger partial charge in [0, 0.05) is 45.3 Å². The van der Waals surface area contributed by atoms with E-state index >= 15 is 0 Å². The van der Waals surface area contributed by atoms with Gasteiger partial charge < -0.3 is 15.1 Å². The Balaban J connectivity index is 1.42. The van der Waals surface area contributed by atoms with E-state index in [9.17, 15) is 14.4 Å². The van der Waals surface area contributed by atoms with Crippen LogP contribution in [0, 0.1) is 0 Å². The zero-order valence-electron chi connectivity index (χ0n) is 16.2. The van der Waals surface area contributed by atoms with E-state index in [1.165, 1.54) is 0 Å². The molecule has 2 heterocycles. The third kappa shape index (κ3) is 4.19. The van der Waals surface area contributed by atoms with Crippen LogP contribution in [0.2, 0.25) is 0 Å². The Morgan fingerprint density at radius 1 is 0.857 bits per heavy atom. The molecule has 1 unspecified atom stereocenters. The molecule has 0 spiro atoms. The van der Waals surface area contributed by atoms with Crippen molar-refractivity contribution in [3.63, 3.8) is 0 Å². The minimum Gasteiger partial charge on any atom is -0.345 e. The number of hydrogen-bond acceptors (Lipinski definition) is 4. The fourth-order valence-corrected chi connectivity index (χ4v) is 4.06. The lowest BCUT2D eigenvalue weighted by atomic mass is 10.0. The van der Waals surface area contributed by atoms with Gasteiger partial charge in [-0.2, -0.15) is 0 Å². The van der Waals surface area contributed by atoms with E-state index in [0.717, 1.165) is 44.3 Å². The first kappa shape index (κ1) is 18.9. The molecule has 7 heteroatoms. The van der Waals surface area contributed by atoms with E-state index in [2.05, 4.69) is 10.2 Å². The van der Waals surface area contributed by atoms with Crippen LogP contribution >= 0.6 is 0 Å². The molecule has 0 radical (unpaired) electrons. The predicted molar refractivity (Wildman–Crippen MR) is 104 cm³/mol. The molecule has 3 amide bonds. The molecule has 1 atom stereocenters. The number of benzene rings is 1. The first-order valence-electron chi connectivity index (χ1n) is 10.3. The molecule has 1 aromatic carbocycles. The summed E-state index contributed by atoms with van der Waals surface area (Å²) >= 11 is 0. The van der Waals surface area contributed by atoms with Gasteiger partial charge in [-0.3, -0.25) is 19.3 Å². The highest BCUT2D eigenvalue weighted by Crippen LogP contribution is 2.26. The molecule has 2 aliphatic heterocycles. The summed E-state index contributed by atoms with van der Waals surface area (Å²) < 4.78 is 0. The summed E-state index contributed by atoms with van der Waals surface area (Å²) in [6.07, 6.45) is 4.05. The summed E-state index contributed by atoms with van der Waals surface area (Å²) in [5, 5.41) is 2.76. The predicted octanol–water partition coefficient (Wildman–Crippen LogP) is 0.773. The molecule has 1 aromatic rings. The number of nitrogens with zero attached hydrogens (tertiary/aromatic N) is 3. The molecular weight excluding hydrogens is 356 g/mol. The SMILES string of the molecule is O=C(NC1CC1)C(=O)N1CCN(C(C(=O)N2CCCC2)c2ccccc2)CC1. The standard InChI is InChI=1S/C21H28N4O3/c26-19(22-17-8-9-17)21(28)25-14-12-23(13-15-25)18(16-6-2-1-3-7-16)20(27)24-10-4-5-11-24/h1-3,6-7,17-18H,4-5,8-15H2,(H,22,26). The average Bonchev–Trinajstić information content (AvgIpc) is 3.37. The Morgan fingerprint density at radius 3 is 2.11 bits per heavy atom. The van der Waals surface area contributed by atoms with E-state index in [4.69, 9.17) is 0 Å². The van der Waals surface area contributed by atoms with Gasteiger partial charge in [-0.05, 0) is 31.2 Å². The van der Waals surface area contributed by atoms with Crippen LogP contribution in [0.1, 0.15) is 37.3 Å². The van der Waals surface area contributed by atoms with E-state index < -0.39 is 11.8 Å². The van der Waals surface area contributed by atoms with Crippen LogP contribution in [-0.2, 0) is 14.4 Å². The first-order chi connectivity index (χ1) is 13.6. The first-order valence-corrected chi connectivity index (χ1v) is 10.3. The van der Waals surface area contributed by atoms with Gasteiger partial charge >= 0.3 is 11.8 Å². The van der Waals surface area contributed by atoms with Crippen molar-refractivity contribution < 1.29 is 14.4 Å². The molecule has 4 rings (SSSR count). The van der Waals surface area contributed by atoms with Crippen molar-refractivity contribution in [3.05, 3.63) is 35.9 Å². The van der Waals surface area contributed by atoms with Crippen LogP contribution in [0.15, 0.2) is 30.3 Å². The third-order valence-electron chi connectivity index (χ3n) is 5.84. The lowest BCUT2D eigenvalue weighted by molar-refractivity contribution is -0.148. The topological polar surface area (TPSA) is 73.0 Å². The molecule has 1 aliphatic carbocycles. The molecule has 150 valence electrons. The maximum absolute atomic E-state index is 13.2. The quantitative estimate of drug-likeness (QED) is 0.779. The van der Waals surface area contributed by atoms with Crippen molar-refractivity contribution in [3.8, 4) is 0 Å². The summed E-state index contributed by atoms with van der Waals surface area (Å²) in [7, 11) is 0. The van der Waals surface area contributed by atoms with Crippen molar-refractivity contribution in [2.24, 2.45) is 0 Å². The number of piperazine rings is 1. The van der Waals surface area contributed by atoms with Crippen molar-refractivity contribution in [1.29, 1.82) is 0 Å². The fraction of sp³-hybridized carbons (Fsp3) is 0.571. The Labute approximate surface area is 165 Å². The van der Waals surface area contributed by atoms with E-state index in [1.54, 1.807) is 4.90 Å². The van der Waals surface area contributed by atoms with Crippen LogP contribution in [0.5, 0.6) is 0 Å². The van der Waals surface area contributed by atoms with Crippen LogP contribution in [-0.4, -0.2) is 77.7 Å². The summed E-state index contributed by atoms with van der Waals surface area (Å²) in [4.78, 5) is 43.4. The minimum atomic E-state index is -0.497. The maximum Gasteiger partial charge on any atom is 0.311 e. The van der Waals surface area contributed by atoms with E-state index in [0.29, 0.717) is 26.2 Å². The van der Waals surface area contributed by atoms with Crippen LogP contribution in [0.25, 0.3) is 0 Å². The van der Waals surface area contributed by atoms with Crippen molar-refractivity contribution in [2.45, 2.75) is 37.8 Å². The second-order valence-electron chi connectivity index (χ2n) is 7.92. The van der Waals surface area contributed by atoms with Gasteiger partial charge in [-0.15, -0.1) is 0 Å². The second kappa shape index (κ2) is 8.31. The molecule has 28 heavy (non-hydrogen) atoms. The van der Waals surface area contributed by atoms with Crippen molar-refractivity contribution in [1.82, 2.24) is 20.0 Å². The molecule has 1 saturated carbocycles. The molecule has 3 aliphatic rings. The number of rotatable bonds is 4. The minimum absolute atomic E-state index is 0.148. The van der Waals surface area contributed by atoms with Crippen molar-refractivity contribution >= 4 is 17.7 Å². The maximum atomic E-state index is 13.2. The highest BCUT2D eigenvalue weighted by molar-refractivity contribution is 6.35. The molecule has 1 N–H and O–H groups in total. The Kier molecular flexibility index (Phi) is 5.62. The number of amides is 3. The van der Waals surface area contributed by atoms with E-state index in [1.807, 2.05) is 35.2 Å². The molecular formula is C21H28N4O3. The van der Waals surface area contributed by atoms with Gasteiger partial charge in [0.15, 0.2) is 0 Å². The largest absolute Gasteiger partial charge is 0.345 e. The average molecular weight is 384 g/mol. The number of carbonyl (C=O) groups excluding carboxylic acids is 3. The van der Waals surface area contributed by atoms with Gasteiger partial charge in [0.05, 0.1) is 0 Å². The highest BCUT2D eigenvalue weighted by atomic mass is 16.2. The van der Waals surface area contributed by atoms with Gasteiger partial charge in [0.2, 0.25) is 5.91 Å². The van der Waals surface area contributed by atoms with Crippen LogP contribution in [0.4, 0.5) is 0 Å². The van der Waals surface area contributed by atoms with Crippen LogP contribution in [0.3, 0.4) is 0 Å². The lowest BCUT2D eigenvalue weighted by Crippen LogP contribution is -2.55. The number of nitrogens with one attached hydrogen (secondary N) is 1. The zero-order chi connectivity index (χ0) is 19.5. The highest BCUT2D eigenvalue weighted by Gasteiger charge is 2.36. The molecule has 7 nitrogen and oxygen atoms in total. The lowest BCUT2D eigenvalue weighted by Gasteiger charge is -2.39. The van der Waals surface area contributed by atoms with E-state index in [-0.39, 0.29) is 18.0 Å². The van der Waals surface area contributed by atoms with Crippen LogP contribution < -0.4 is 5.32 Å². The monoisotopic (exact) mass is 384 g/mol. The fourth-order valence-electron chi connectivity index (χ4n) is 4.06. The number of hydrogen-bond donors (Lipinski definition) is 1. The molecule has 0 aromatic heterocycles. The Hall–Kier alpha value is -2.41. The molecule has 3 fully saturated rings. The Bertz CT molecular complexity index is 720. The summed E-state index contributed by atoms with van der Waals surface area (Å²) in [6, 6.07) is 9.73. The Morgan fingerprint density at radius 2 is 1.50 bits per heavy atom. The molecule has 2 saturated heterocycles. The number of likely N-dealkylation sites (tertiary alicyclic amines) is 1. The zero-order valence-corrected chi connectivity index (χ0v) is 16.2. The second-order valence-corrected chi connectivity index (χ2v) is 7.92. The van der Waals surface area contributed by atoms with Crippen molar-refractivity contribution in [2.75, 3.05) is 39.3 Å². The van der Waals surface area contributed by atoms with Gasteiger partial charge in [0.25, 0.3) is 0 Å². The third-order valence-corrected chi connectivity index (χ3v) is 5.84. The van der Waals surface area contributed by atoms with Gasteiger partial charge in [-0.25, -0.2) is 0 Å². The van der Waals surface area contributed by atoms with Gasteiger partial charge in [0.1, 0.15) is 6.04 Å². The van der Waals surface area contributed by atoms with Gasteiger partial charge in [-0.1, -0.05) is 30.3 Å². The smallest absolute Gasteiger partial charge is 0.311 e. The normalized spacial score (nSPS) is 21.4. The molecule has 0 bridgehead atoms. The summed E-state index contributed by atoms with van der Waals surface area (Å²) in [5.74, 6) is -0.799.